The minimum Gasteiger partial charge on any atom is -0.289 e. The van der Waals surface area contributed by atoms with Crippen molar-refractivity contribution in [2.75, 3.05) is 0 Å². The first-order valence-corrected chi connectivity index (χ1v) is 3.11. The van der Waals surface area contributed by atoms with Gasteiger partial charge in [0.2, 0.25) is 0 Å². The number of nitrogens with zero attached hydrogens (tertiary/aromatic N) is 1. The first-order valence-electron chi connectivity index (χ1n) is 2.05. The van der Waals surface area contributed by atoms with Crippen LogP contribution in [0.2, 0.25) is 0 Å². The van der Waals surface area contributed by atoms with Gasteiger partial charge in [-0.3, -0.25) is 8.53 Å². The van der Waals surface area contributed by atoms with Crippen LogP contribution in [-0.4, -0.2) is 12.7 Å². The molecule has 0 radical (unpaired) electrons. The Bertz CT molecular complexity index is 182. The fourth-order valence-electron chi connectivity index (χ4n) is 0.423. The summed E-state index contributed by atoms with van der Waals surface area (Å²) in [5.41, 5.74) is 0. The molecule has 1 rings (SSSR count). The highest BCUT2D eigenvalue weighted by Gasteiger charge is 1.89. The van der Waals surface area contributed by atoms with Crippen molar-refractivity contribution in [3.63, 3.8) is 0 Å². The summed E-state index contributed by atoms with van der Waals surface area (Å²) in [6.07, 6.45) is 3.05. The predicted octanol–water partition coefficient (Wildman–Crippen LogP) is 0.473. The van der Waals surface area contributed by atoms with E-state index in [1.165, 1.54) is 16.4 Å². The Labute approximate surface area is 49.4 Å². The molecule has 3 nitrogen and oxygen atoms in total. The Morgan fingerprint density at radius 3 is 2.12 bits per heavy atom. The van der Waals surface area contributed by atoms with Gasteiger partial charge in [-0.2, -0.15) is 0 Å². The van der Waals surface area contributed by atoms with Crippen molar-refractivity contribution in [2.45, 2.75) is 0 Å². The van der Waals surface area contributed by atoms with E-state index in [1.54, 1.807) is 12.1 Å². The lowest BCUT2D eigenvalue weighted by Crippen LogP contribution is -1.97. The van der Waals surface area contributed by atoms with Crippen LogP contribution >= 0.6 is 0 Å². The van der Waals surface area contributed by atoms with Crippen LogP contribution in [0.25, 0.3) is 0 Å². The molecule has 0 saturated heterocycles. The molecule has 0 aliphatic rings. The zero-order valence-corrected chi connectivity index (χ0v) is 4.84. The van der Waals surface area contributed by atoms with Crippen molar-refractivity contribution in [3.8, 4) is 0 Å². The summed E-state index contributed by atoms with van der Waals surface area (Å²) >= 11 is -1.88. The monoisotopic (exact) mass is 131 g/mol. The molecule has 1 heterocycles. The number of hydrogen-bond donors (Lipinski definition) is 1. The molecular formula is C4H5NO2S. The topological polar surface area (TPSA) is 42.2 Å². The van der Waals surface area contributed by atoms with E-state index in [2.05, 4.69) is 0 Å². The van der Waals surface area contributed by atoms with E-state index in [0.717, 1.165) is 0 Å². The van der Waals surface area contributed by atoms with Crippen LogP contribution in [0.5, 0.6) is 0 Å². The normalized spacial score (nSPS) is 13.6. The van der Waals surface area contributed by atoms with Crippen LogP contribution in [0, 0.1) is 0 Å². The number of aromatic nitrogens is 1. The molecule has 0 aliphatic heterocycles. The van der Waals surface area contributed by atoms with E-state index >= 15 is 0 Å². The molecule has 8 heavy (non-hydrogen) atoms. The van der Waals surface area contributed by atoms with Crippen LogP contribution in [-0.2, 0) is 11.3 Å². The molecule has 0 spiro atoms. The zero-order chi connectivity index (χ0) is 5.98. The van der Waals surface area contributed by atoms with Gasteiger partial charge in [-0.15, -0.1) is 0 Å². The summed E-state index contributed by atoms with van der Waals surface area (Å²) in [5, 5.41) is 0. The van der Waals surface area contributed by atoms with Gasteiger partial charge in [-0.25, -0.2) is 4.21 Å². The molecule has 0 saturated carbocycles. The van der Waals surface area contributed by atoms with Crippen molar-refractivity contribution in [2.24, 2.45) is 0 Å². The van der Waals surface area contributed by atoms with Crippen LogP contribution in [0.1, 0.15) is 0 Å². The van der Waals surface area contributed by atoms with E-state index < -0.39 is 11.3 Å². The maximum absolute atomic E-state index is 10.1. The standard InChI is InChI=1S/C4H5NO2S/c6-8(7)5-3-1-2-4-5/h1-4H,(H,6,7). The number of rotatable bonds is 1. The third-order valence-corrected chi connectivity index (χ3v) is 1.36. The highest BCUT2D eigenvalue weighted by atomic mass is 32.2. The Hall–Kier alpha value is -0.610. The van der Waals surface area contributed by atoms with Gasteiger partial charge in [-0.05, 0) is 12.1 Å². The highest BCUT2D eigenvalue weighted by molar-refractivity contribution is 7.77. The van der Waals surface area contributed by atoms with Crippen molar-refractivity contribution >= 4 is 11.3 Å². The zero-order valence-electron chi connectivity index (χ0n) is 4.02. The van der Waals surface area contributed by atoms with Gasteiger partial charge in [0.1, 0.15) is 0 Å². The summed E-state index contributed by atoms with van der Waals surface area (Å²) in [5.74, 6) is 0. The second-order valence-corrected chi connectivity index (χ2v) is 2.16. The van der Waals surface area contributed by atoms with E-state index in [0.29, 0.717) is 0 Å². The SMILES string of the molecule is O=S(O)n1cccc1. The summed E-state index contributed by atoms with van der Waals surface area (Å²) in [4.78, 5) is 0. The van der Waals surface area contributed by atoms with Crippen molar-refractivity contribution < 1.29 is 8.76 Å². The molecule has 1 unspecified atom stereocenters. The molecule has 44 valence electrons. The molecule has 4 heteroatoms. The van der Waals surface area contributed by atoms with E-state index in [1.807, 2.05) is 0 Å². The quantitative estimate of drug-likeness (QED) is 0.563. The molecule has 0 aromatic carbocycles. The van der Waals surface area contributed by atoms with Crippen LogP contribution in [0.15, 0.2) is 24.5 Å². The molecule has 0 aliphatic carbocycles. The van der Waals surface area contributed by atoms with Gasteiger partial charge in [-0.1, -0.05) is 0 Å². The lowest BCUT2D eigenvalue weighted by molar-refractivity contribution is 0.555. The maximum Gasteiger partial charge on any atom is 0.265 e. The molecule has 0 fully saturated rings. The summed E-state index contributed by atoms with van der Waals surface area (Å²) in [7, 11) is 0. The highest BCUT2D eigenvalue weighted by Crippen LogP contribution is 1.88. The second kappa shape index (κ2) is 2.11. The smallest absolute Gasteiger partial charge is 0.265 e. The summed E-state index contributed by atoms with van der Waals surface area (Å²) in [6.45, 7) is 0. The van der Waals surface area contributed by atoms with Gasteiger partial charge < -0.3 is 0 Å². The van der Waals surface area contributed by atoms with Gasteiger partial charge in [0.15, 0.2) is 0 Å². The predicted molar refractivity (Wildman–Crippen MR) is 30.6 cm³/mol. The molecule has 1 atom stereocenters. The molecule has 0 amide bonds. The molecule has 1 aromatic heterocycles. The Kier molecular flexibility index (Phi) is 1.45. The first kappa shape index (κ1) is 5.53. The van der Waals surface area contributed by atoms with E-state index in [-0.39, 0.29) is 0 Å². The van der Waals surface area contributed by atoms with Crippen molar-refractivity contribution in [3.05, 3.63) is 24.5 Å². The molecule has 0 bridgehead atoms. The average molecular weight is 131 g/mol. The first-order chi connectivity index (χ1) is 3.80. The lowest BCUT2D eigenvalue weighted by atomic mass is 10.7. The Balaban J connectivity index is 2.93. The van der Waals surface area contributed by atoms with E-state index in [4.69, 9.17) is 4.55 Å². The fraction of sp³-hybridized carbons (Fsp3) is 0. The third kappa shape index (κ3) is 0.962. The Morgan fingerprint density at radius 1 is 1.38 bits per heavy atom. The van der Waals surface area contributed by atoms with E-state index in [9.17, 15) is 4.21 Å². The summed E-state index contributed by atoms with van der Waals surface area (Å²) < 4.78 is 19.7. The van der Waals surface area contributed by atoms with Crippen molar-refractivity contribution in [1.29, 1.82) is 0 Å². The van der Waals surface area contributed by atoms with Crippen LogP contribution in [0.3, 0.4) is 0 Å². The molecule has 1 N–H and O–H groups in total. The molecular weight excluding hydrogens is 126 g/mol. The second-order valence-electron chi connectivity index (χ2n) is 1.27. The average Bonchev–Trinajstić information content (AvgIpc) is 2.12. The summed E-state index contributed by atoms with van der Waals surface area (Å²) in [6, 6.07) is 3.38. The molecule has 1 aromatic rings. The van der Waals surface area contributed by atoms with Crippen LogP contribution < -0.4 is 0 Å². The Morgan fingerprint density at radius 2 is 1.88 bits per heavy atom. The van der Waals surface area contributed by atoms with Gasteiger partial charge >= 0.3 is 0 Å². The minimum atomic E-state index is -1.88. The number of hydrogen-bond acceptors (Lipinski definition) is 1. The lowest BCUT2D eigenvalue weighted by Gasteiger charge is -1.88. The van der Waals surface area contributed by atoms with Crippen molar-refractivity contribution in [1.82, 2.24) is 3.97 Å². The van der Waals surface area contributed by atoms with Crippen LogP contribution in [0.4, 0.5) is 0 Å². The fourth-order valence-corrected chi connectivity index (χ4v) is 0.772. The van der Waals surface area contributed by atoms with Gasteiger partial charge in [0.05, 0.1) is 0 Å². The van der Waals surface area contributed by atoms with Gasteiger partial charge in [0, 0.05) is 12.4 Å². The van der Waals surface area contributed by atoms with Gasteiger partial charge in [0.25, 0.3) is 11.3 Å². The minimum absolute atomic E-state index is 1.19. The third-order valence-electron chi connectivity index (χ3n) is 0.757. The largest absolute Gasteiger partial charge is 0.289 e. The maximum atomic E-state index is 10.1.